The molecule has 1 amide bonds. The van der Waals surface area contributed by atoms with E-state index >= 15 is 0 Å². The van der Waals surface area contributed by atoms with Gasteiger partial charge in [0.25, 0.3) is 5.91 Å². The maximum absolute atomic E-state index is 12.2. The van der Waals surface area contributed by atoms with Crippen molar-refractivity contribution in [2.45, 2.75) is 33.4 Å². The molecule has 0 saturated heterocycles. The van der Waals surface area contributed by atoms with Gasteiger partial charge < -0.3 is 10.4 Å². The van der Waals surface area contributed by atoms with Crippen molar-refractivity contribution in [3.63, 3.8) is 0 Å². The van der Waals surface area contributed by atoms with E-state index in [4.69, 9.17) is 0 Å². The average molecular weight is 273 g/mol. The van der Waals surface area contributed by atoms with Gasteiger partial charge in [0.2, 0.25) is 0 Å². The van der Waals surface area contributed by atoms with Crippen molar-refractivity contribution in [3.05, 3.63) is 47.3 Å². The third-order valence-corrected chi connectivity index (χ3v) is 3.11. The van der Waals surface area contributed by atoms with Gasteiger partial charge in [0.05, 0.1) is 5.69 Å². The molecule has 0 unspecified atom stereocenters. The lowest BCUT2D eigenvalue weighted by atomic mass is 10.2. The van der Waals surface area contributed by atoms with Crippen LogP contribution < -0.4 is 5.32 Å². The number of aryl methyl sites for hydroxylation is 2. The first-order valence-corrected chi connectivity index (χ1v) is 6.76. The van der Waals surface area contributed by atoms with E-state index in [1.54, 1.807) is 28.9 Å². The third kappa shape index (κ3) is 3.17. The Balaban J connectivity index is 2.04. The van der Waals surface area contributed by atoms with Crippen LogP contribution in [0.1, 0.15) is 35.6 Å². The van der Waals surface area contributed by atoms with Crippen molar-refractivity contribution in [2.75, 3.05) is 0 Å². The van der Waals surface area contributed by atoms with Crippen molar-refractivity contribution >= 4 is 5.91 Å². The van der Waals surface area contributed by atoms with Crippen LogP contribution in [0.2, 0.25) is 0 Å². The van der Waals surface area contributed by atoms with Gasteiger partial charge in [-0.15, -0.1) is 0 Å². The first kappa shape index (κ1) is 14.1. The van der Waals surface area contributed by atoms with Gasteiger partial charge in [-0.3, -0.25) is 9.48 Å². The monoisotopic (exact) mass is 273 g/mol. The number of benzene rings is 1. The Labute approximate surface area is 118 Å². The van der Waals surface area contributed by atoms with E-state index in [0.29, 0.717) is 18.8 Å². The molecule has 0 atom stereocenters. The SMILES string of the molecule is CCc1cc(C(=O)NCc2ccc(O)cc2)n(CC)n1. The molecule has 1 heterocycles. The van der Waals surface area contributed by atoms with Gasteiger partial charge in [0, 0.05) is 13.1 Å². The Kier molecular flexibility index (Phi) is 4.40. The second-order valence-corrected chi connectivity index (χ2v) is 4.54. The molecule has 20 heavy (non-hydrogen) atoms. The summed E-state index contributed by atoms with van der Waals surface area (Å²) in [6.45, 7) is 5.07. The highest BCUT2D eigenvalue weighted by atomic mass is 16.3. The number of aromatic nitrogens is 2. The zero-order valence-electron chi connectivity index (χ0n) is 11.8. The first-order valence-electron chi connectivity index (χ1n) is 6.76. The minimum Gasteiger partial charge on any atom is -0.508 e. The minimum absolute atomic E-state index is 0.132. The maximum Gasteiger partial charge on any atom is 0.269 e. The summed E-state index contributed by atoms with van der Waals surface area (Å²) in [5, 5.41) is 16.4. The lowest BCUT2D eigenvalue weighted by molar-refractivity contribution is 0.0940. The fourth-order valence-electron chi connectivity index (χ4n) is 1.95. The Morgan fingerprint density at radius 3 is 2.60 bits per heavy atom. The Bertz CT molecular complexity index is 588. The van der Waals surface area contributed by atoms with Gasteiger partial charge in [0.15, 0.2) is 0 Å². The van der Waals surface area contributed by atoms with E-state index in [-0.39, 0.29) is 11.7 Å². The van der Waals surface area contributed by atoms with Gasteiger partial charge in [-0.1, -0.05) is 19.1 Å². The molecule has 2 aromatic rings. The molecule has 0 saturated carbocycles. The first-order chi connectivity index (χ1) is 9.63. The number of nitrogens with one attached hydrogen (secondary N) is 1. The summed E-state index contributed by atoms with van der Waals surface area (Å²) in [6.07, 6.45) is 0.811. The molecule has 0 aliphatic rings. The Morgan fingerprint density at radius 1 is 1.30 bits per heavy atom. The van der Waals surface area contributed by atoms with Crippen LogP contribution in [0.15, 0.2) is 30.3 Å². The number of nitrogens with zero attached hydrogens (tertiary/aromatic N) is 2. The summed E-state index contributed by atoms with van der Waals surface area (Å²) >= 11 is 0. The summed E-state index contributed by atoms with van der Waals surface area (Å²) in [6, 6.07) is 8.60. The van der Waals surface area contributed by atoms with E-state index in [0.717, 1.165) is 17.7 Å². The van der Waals surface area contributed by atoms with E-state index in [1.807, 2.05) is 19.9 Å². The number of phenols is 1. The molecular formula is C15H19N3O2. The summed E-state index contributed by atoms with van der Waals surface area (Å²) in [4.78, 5) is 12.2. The Hall–Kier alpha value is -2.30. The number of hydrogen-bond donors (Lipinski definition) is 2. The summed E-state index contributed by atoms with van der Waals surface area (Å²) in [5.41, 5.74) is 2.44. The van der Waals surface area contributed by atoms with Gasteiger partial charge in [-0.2, -0.15) is 5.10 Å². The average Bonchev–Trinajstić information content (AvgIpc) is 2.90. The standard InChI is InChI=1S/C15H19N3O2/c1-3-12-9-14(18(4-2)17-12)15(20)16-10-11-5-7-13(19)8-6-11/h5-9,19H,3-4,10H2,1-2H3,(H,16,20). The molecule has 0 spiro atoms. The molecule has 1 aromatic heterocycles. The molecule has 5 nitrogen and oxygen atoms in total. The topological polar surface area (TPSA) is 67.2 Å². The van der Waals surface area contributed by atoms with Gasteiger partial charge in [-0.25, -0.2) is 0 Å². The number of aromatic hydroxyl groups is 1. The van der Waals surface area contributed by atoms with Crippen LogP contribution in [0.3, 0.4) is 0 Å². The summed E-state index contributed by atoms with van der Waals surface area (Å²) in [5.74, 6) is 0.0869. The van der Waals surface area contributed by atoms with Gasteiger partial charge >= 0.3 is 0 Å². The van der Waals surface area contributed by atoms with Crippen LogP contribution in [0.25, 0.3) is 0 Å². The van der Waals surface area contributed by atoms with E-state index in [2.05, 4.69) is 10.4 Å². The lowest BCUT2D eigenvalue weighted by Gasteiger charge is -2.06. The van der Waals surface area contributed by atoms with Crippen LogP contribution in [0, 0.1) is 0 Å². The molecule has 5 heteroatoms. The molecule has 0 aliphatic carbocycles. The molecule has 0 aliphatic heterocycles. The third-order valence-electron chi connectivity index (χ3n) is 3.11. The second kappa shape index (κ2) is 6.23. The van der Waals surface area contributed by atoms with E-state index < -0.39 is 0 Å². The highest BCUT2D eigenvalue weighted by Crippen LogP contribution is 2.10. The predicted octanol–water partition coefficient (Wildman–Crippen LogP) is 2.10. The molecule has 0 bridgehead atoms. The van der Waals surface area contributed by atoms with Crippen molar-refractivity contribution in [3.8, 4) is 5.75 Å². The molecule has 1 aromatic carbocycles. The fraction of sp³-hybridized carbons (Fsp3) is 0.333. The normalized spacial score (nSPS) is 10.5. The molecule has 2 N–H and O–H groups in total. The number of carbonyl (C=O) groups excluding carboxylic acids is 1. The molecular weight excluding hydrogens is 254 g/mol. The molecule has 0 radical (unpaired) electrons. The fourth-order valence-corrected chi connectivity index (χ4v) is 1.95. The van der Waals surface area contributed by atoms with Crippen LogP contribution in [0.4, 0.5) is 0 Å². The number of phenolic OH excluding ortho intramolecular Hbond substituents is 1. The smallest absolute Gasteiger partial charge is 0.269 e. The van der Waals surface area contributed by atoms with Crippen molar-refractivity contribution < 1.29 is 9.90 Å². The Morgan fingerprint density at radius 2 is 2.00 bits per heavy atom. The van der Waals surface area contributed by atoms with Gasteiger partial charge in [0.1, 0.15) is 11.4 Å². The summed E-state index contributed by atoms with van der Waals surface area (Å²) in [7, 11) is 0. The zero-order valence-corrected chi connectivity index (χ0v) is 11.8. The second-order valence-electron chi connectivity index (χ2n) is 4.54. The minimum atomic E-state index is -0.132. The van der Waals surface area contributed by atoms with E-state index in [9.17, 15) is 9.90 Å². The largest absolute Gasteiger partial charge is 0.508 e. The van der Waals surface area contributed by atoms with Crippen LogP contribution in [-0.2, 0) is 19.5 Å². The molecule has 106 valence electrons. The number of carbonyl (C=O) groups is 1. The van der Waals surface area contributed by atoms with E-state index in [1.165, 1.54) is 0 Å². The van der Waals surface area contributed by atoms with Crippen molar-refractivity contribution in [1.29, 1.82) is 0 Å². The number of hydrogen-bond acceptors (Lipinski definition) is 3. The van der Waals surface area contributed by atoms with Gasteiger partial charge in [-0.05, 0) is 37.1 Å². The molecule has 2 rings (SSSR count). The zero-order chi connectivity index (χ0) is 14.5. The van der Waals surface area contributed by atoms with Crippen LogP contribution in [0.5, 0.6) is 5.75 Å². The molecule has 0 fully saturated rings. The van der Waals surface area contributed by atoms with Crippen molar-refractivity contribution in [1.82, 2.24) is 15.1 Å². The number of amides is 1. The predicted molar refractivity (Wildman–Crippen MR) is 76.6 cm³/mol. The highest BCUT2D eigenvalue weighted by molar-refractivity contribution is 5.92. The van der Waals surface area contributed by atoms with Crippen molar-refractivity contribution in [2.24, 2.45) is 0 Å². The maximum atomic E-state index is 12.2. The quantitative estimate of drug-likeness (QED) is 0.876. The summed E-state index contributed by atoms with van der Waals surface area (Å²) < 4.78 is 1.71. The van der Waals surface area contributed by atoms with Crippen LogP contribution >= 0.6 is 0 Å². The lowest BCUT2D eigenvalue weighted by Crippen LogP contribution is -2.25. The highest BCUT2D eigenvalue weighted by Gasteiger charge is 2.13. The van der Waals surface area contributed by atoms with Crippen LogP contribution in [-0.4, -0.2) is 20.8 Å². The number of rotatable bonds is 5.